The van der Waals surface area contributed by atoms with Gasteiger partial charge in [-0.2, -0.15) is 0 Å². The van der Waals surface area contributed by atoms with E-state index in [1.807, 2.05) is 48.5 Å². The van der Waals surface area contributed by atoms with Crippen LogP contribution in [-0.4, -0.2) is 21.5 Å². The molecular formula is C19H19N5O2. The number of nitrogens with one attached hydrogen (secondary N) is 3. The Balaban J connectivity index is 1.51. The summed E-state index contributed by atoms with van der Waals surface area (Å²) < 4.78 is 1.70. The van der Waals surface area contributed by atoms with E-state index in [0.717, 1.165) is 5.56 Å². The van der Waals surface area contributed by atoms with Gasteiger partial charge in [0.05, 0.1) is 6.33 Å². The largest absolute Gasteiger partial charge is 0.350 e. The van der Waals surface area contributed by atoms with Gasteiger partial charge in [0, 0.05) is 30.3 Å². The Hall–Kier alpha value is -3.61. The van der Waals surface area contributed by atoms with Crippen LogP contribution in [0, 0.1) is 0 Å². The number of nitrogens with zero attached hydrogens (tertiary/aromatic N) is 2. The lowest BCUT2D eigenvalue weighted by atomic mass is 10.2. The van der Waals surface area contributed by atoms with Crippen LogP contribution in [0.15, 0.2) is 73.3 Å². The second-order valence-electron chi connectivity index (χ2n) is 5.66. The van der Waals surface area contributed by atoms with Crippen molar-refractivity contribution in [1.82, 2.24) is 14.9 Å². The van der Waals surface area contributed by atoms with Gasteiger partial charge in [-0.3, -0.25) is 4.79 Å². The maximum Gasteiger partial charge on any atom is 0.323 e. The maximum atomic E-state index is 12.0. The molecule has 0 bridgehead atoms. The van der Waals surface area contributed by atoms with Gasteiger partial charge in [0.25, 0.3) is 0 Å². The predicted molar refractivity (Wildman–Crippen MR) is 99.6 cm³/mol. The summed E-state index contributed by atoms with van der Waals surface area (Å²) in [5.41, 5.74) is 2.26. The van der Waals surface area contributed by atoms with Gasteiger partial charge >= 0.3 is 6.03 Å². The Labute approximate surface area is 151 Å². The number of rotatable bonds is 6. The molecule has 3 amide bonds. The van der Waals surface area contributed by atoms with Gasteiger partial charge in [0.2, 0.25) is 5.91 Å². The van der Waals surface area contributed by atoms with Crippen LogP contribution < -0.4 is 16.0 Å². The Kier molecular flexibility index (Phi) is 5.61. The lowest BCUT2D eigenvalue weighted by molar-refractivity contribution is -0.121. The molecule has 0 aliphatic rings. The van der Waals surface area contributed by atoms with Crippen molar-refractivity contribution in [2.45, 2.75) is 13.1 Å². The smallest absolute Gasteiger partial charge is 0.323 e. The summed E-state index contributed by atoms with van der Waals surface area (Å²) in [4.78, 5) is 27.8. The minimum atomic E-state index is -0.322. The fourth-order valence-electron chi connectivity index (χ4n) is 2.38. The number of carbonyl (C=O) groups excluding carboxylic acids is 2. The lowest BCUT2D eigenvalue weighted by Crippen LogP contribution is -2.26. The van der Waals surface area contributed by atoms with E-state index in [2.05, 4.69) is 20.9 Å². The summed E-state index contributed by atoms with van der Waals surface area (Å²) in [7, 11) is 0. The topological polar surface area (TPSA) is 88.1 Å². The zero-order valence-electron chi connectivity index (χ0n) is 14.1. The third-order valence-electron chi connectivity index (χ3n) is 3.59. The minimum absolute atomic E-state index is 0.108. The zero-order chi connectivity index (χ0) is 18.2. The van der Waals surface area contributed by atoms with Crippen LogP contribution in [0.1, 0.15) is 5.56 Å². The number of imidazole rings is 1. The molecular weight excluding hydrogens is 330 g/mol. The number of hydrogen-bond acceptors (Lipinski definition) is 3. The first-order valence-corrected chi connectivity index (χ1v) is 8.13. The van der Waals surface area contributed by atoms with E-state index < -0.39 is 0 Å². The average molecular weight is 349 g/mol. The van der Waals surface area contributed by atoms with Crippen molar-refractivity contribution in [3.8, 4) is 0 Å². The summed E-state index contributed by atoms with van der Waals surface area (Å²) in [6.07, 6.45) is 4.95. The molecule has 0 atom stereocenters. The summed E-state index contributed by atoms with van der Waals surface area (Å²) in [6.45, 7) is 0.598. The molecule has 26 heavy (non-hydrogen) atoms. The molecule has 0 aliphatic carbocycles. The van der Waals surface area contributed by atoms with Crippen LogP contribution in [-0.2, 0) is 17.9 Å². The normalized spacial score (nSPS) is 10.2. The van der Waals surface area contributed by atoms with Crippen LogP contribution in [0.5, 0.6) is 0 Å². The Bertz CT molecular complexity index is 863. The quantitative estimate of drug-likeness (QED) is 0.639. The van der Waals surface area contributed by atoms with E-state index in [1.165, 1.54) is 0 Å². The van der Waals surface area contributed by atoms with E-state index in [-0.39, 0.29) is 18.5 Å². The third kappa shape index (κ3) is 5.20. The van der Waals surface area contributed by atoms with Crippen molar-refractivity contribution in [2.75, 3.05) is 10.6 Å². The standard InChI is InChI=1S/C19H19N5O2/c25-18(13-24-10-9-20-14-24)21-12-15-5-4-8-17(11-15)23-19(26)22-16-6-2-1-3-7-16/h1-11,14H,12-13H2,(H,21,25)(H2,22,23,26). The molecule has 0 fully saturated rings. The number of anilines is 2. The molecule has 7 nitrogen and oxygen atoms in total. The number of amides is 3. The van der Waals surface area contributed by atoms with Crippen molar-refractivity contribution in [3.05, 3.63) is 78.9 Å². The number of carbonyl (C=O) groups is 2. The first kappa shape index (κ1) is 17.2. The summed E-state index contributed by atoms with van der Waals surface area (Å²) >= 11 is 0. The molecule has 0 unspecified atom stereocenters. The SMILES string of the molecule is O=C(Cn1ccnc1)NCc1cccc(NC(=O)Nc2ccccc2)c1. The highest BCUT2D eigenvalue weighted by Gasteiger charge is 2.05. The highest BCUT2D eigenvalue weighted by Crippen LogP contribution is 2.12. The van der Waals surface area contributed by atoms with Crippen molar-refractivity contribution in [3.63, 3.8) is 0 Å². The zero-order valence-corrected chi connectivity index (χ0v) is 14.1. The van der Waals surface area contributed by atoms with E-state index in [1.54, 1.807) is 29.4 Å². The summed E-state index contributed by atoms with van der Waals surface area (Å²) in [5.74, 6) is -0.108. The molecule has 3 rings (SSSR count). The van der Waals surface area contributed by atoms with Gasteiger partial charge in [-0.1, -0.05) is 30.3 Å². The fourth-order valence-corrected chi connectivity index (χ4v) is 2.38. The Morgan fingerprint density at radius 3 is 2.50 bits per heavy atom. The highest BCUT2D eigenvalue weighted by molar-refractivity contribution is 5.99. The van der Waals surface area contributed by atoms with E-state index >= 15 is 0 Å². The summed E-state index contributed by atoms with van der Waals surface area (Å²) in [5, 5.41) is 8.38. The second kappa shape index (κ2) is 8.48. The first-order valence-electron chi connectivity index (χ1n) is 8.13. The molecule has 1 aromatic heterocycles. The molecule has 0 spiro atoms. The number of benzene rings is 2. The fraction of sp³-hybridized carbons (Fsp3) is 0.105. The van der Waals surface area contributed by atoms with Crippen LogP contribution in [0.2, 0.25) is 0 Å². The molecule has 2 aromatic carbocycles. The van der Waals surface area contributed by atoms with Crippen LogP contribution >= 0.6 is 0 Å². The molecule has 0 saturated carbocycles. The molecule has 7 heteroatoms. The molecule has 0 radical (unpaired) electrons. The monoisotopic (exact) mass is 349 g/mol. The first-order chi connectivity index (χ1) is 12.7. The molecule has 3 aromatic rings. The van der Waals surface area contributed by atoms with Gasteiger partial charge in [-0.15, -0.1) is 0 Å². The van der Waals surface area contributed by atoms with E-state index in [4.69, 9.17) is 0 Å². The van der Waals surface area contributed by atoms with Gasteiger partial charge in [-0.25, -0.2) is 9.78 Å². The van der Waals surface area contributed by atoms with Crippen molar-refractivity contribution < 1.29 is 9.59 Å². The van der Waals surface area contributed by atoms with Crippen LogP contribution in [0.4, 0.5) is 16.2 Å². The Morgan fingerprint density at radius 2 is 1.73 bits per heavy atom. The molecule has 0 aliphatic heterocycles. The minimum Gasteiger partial charge on any atom is -0.350 e. The Morgan fingerprint density at radius 1 is 0.962 bits per heavy atom. The average Bonchev–Trinajstić information content (AvgIpc) is 3.14. The van der Waals surface area contributed by atoms with Crippen LogP contribution in [0.25, 0.3) is 0 Å². The van der Waals surface area contributed by atoms with E-state index in [9.17, 15) is 9.59 Å². The van der Waals surface area contributed by atoms with E-state index in [0.29, 0.717) is 17.9 Å². The molecule has 1 heterocycles. The maximum absolute atomic E-state index is 12.0. The summed E-state index contributed by atoms with van der Waals surface area (Å²) in [6, 6.07) is 16.2. The van der Waals surface area contributed by atoms with Crippen molar-refractivity contribution in [1.29, 1.82) is 0 Å². The number of hydrogen-bond donors (Lipinski definition) is 3. The number of aromatic nitrogens is 2. The van der Waals surface area contributed by atoms with Gasteiger partial charge < -0.3 is 20.5 Å². The van der Waals surface area contributed by atoms with Gasteiger partial charge in [0.15, 0.2) is 0 Å². The van der Waals surface area contributed by atoms with Crippen molar-refractivity contribution in [2.24, 2.45) is 0 Å². The lowest BCUT2D eigenvalue weighted by Gasteiger charge is -2.10. The number of urea groups is 1. The predicted octanol–water partition coefficient (Wildman–Crippen LogP) is 2.84. The molecule has 132 valence electrons. The van der Waals surface area contributed by atoms with Crippen LogP contribution in [0.3, 0.4) is 0 Å². The van der Waals surface area contributed by atoms with Crippen molar-refractivity contribution >= 4 is 23.3 Å². The number of para-hydroxylation sites is 1. The molecule has 3 N–H and O–H groups in total. The highest BCUT2D eigenvalue weighted by atomic mass is 16.2. The third-order valence-corrected chi connectivity index (χ3v) is 3.59. The second-order valence-corrected chi connectivity index (χ2v) is 5.66. The van der Waals surface area contributed by atoms with Gasteiger partial charge in [0.1, 0.15) is 6.54 Å². The molecule has 0 saturated heterocycles. The van der Waals surface area contributed by atoms with Gasteiger partial charge in [-0.05, 0) is 29.8 Å².